The number of nitrogens with one attached hydrogen (secondary N) is 1. The fraction of sp³-hybridized carbons (Fsp3) is 0.286. The van der Waals surface area contributed by atoms with Crippen LogP contribution in [0.2, 0.25) is 0 Å². The second kappa shape index (κ2) is 5.46. The average Bonchev–Trinajstić information content (AvgIpc) is 2.80. The van der Waals surface area contributed by atoms with E-state index in [9.17, 15) is 14.7 Å². The van der Waals surface area contributed by atoms with Gasteiger partial charge in [0.2, 0.25) is 0 Å². The van der Waals surface area contributed by atoms with Crippen LogP contribution in [-0.4, -0.2) is 39.5 Å². The molecule has 21 heavy (non-hydrogen) atoms. The summed E-state index contributed by atoms with van der Waals surface area (Å²) in [5.74, 6) is -1.40. The van der Waals surface area contributed by atoms with E-state index in [1.165, 1.54) is 25.8 Å². The van der Waals surface area contributed by atoms with Crippen molar-refractivity contribution in [3.05, 3.63) is 32.8 Å². The Morgan fingerprint density at radius 2 is 1.81 bits per heavy atom. The molecule has 0 unspecified atom stereocenters. The van der Waals surface area contributed by atoms with Crippen LogP contribution in [0.1, 0.15) is 24.2 Å². The zero-order valence-electron chi connectivity index (χ0n) is 11.7. The number of aromatic nitrogens is 1. The van der Waals surface area contributed by atoms with E-state index in [1.54, 1.807) is 6.20 Å². The van der Waals surface area contributed by atoms with Gasteiger partial charge in [-0.3, -0.25) is 4.79 Å². The maximum atomic E-state index is 12.6. The third kappa shape index (κ3) is 2.72. The minimum Gasteiger partial charge on any atom is -0.480 e. The Labute approximate surface area is 138 Å². The number of aromatic amines is 1. The number of H-pyrrole nitrogens is 1. The van der Waals surface area contributed by atoms with Gasteiger partial charge in [0.1, 0.15) is 5.54 Å². The Morgan fingerprint density at radius 1 is 1.24 bits per heavy atom. The molecule has 2 rings (SSSR count). The molecule has 2 N–H and O–H groups in total. The molecule has 0 saturated heterocycles. The van der Waals surface area contributed by atoms with Gasteiger partial charge in [-0.15, -0.1) is 0 Å². The van der Waals surface area contributed by atoms with E-state index in [2.05, 4.69) is 36.8 Å². The van der Waals surface area contributed by atoms with Crippen molar-refractivity contribution < 1.29 is 14.7 Å². The standard InChI is InChI=1S/C14H14Br2N2O3/c1-14(2,13(20)21)18(3)12(19)8-6-17-11-5-10(16)9(15)4-7(8)11/h4-6,17H,1-3H3,(H,20,21). The van der Waals surface area contributed by atoms with E-state index in [1.807, 2.05) is 12.1 Å². The van der Waals surface area contributed by atoms with Crippen LogP contribution in [0.15, 0.2) is 27.3 Å². The quantitative estimate of drug-likeness (QED) is 0.800. The van der Waals surface area contributed by atoms with Crippen LogP contribution in [0.4, 0.5) is 0 Å². The minimum atomic E-state index is -1.28. The molecule has 0 spiro atoms. The van der Waals surface area contributed by atoms with Crippen LogP contribution in [-0.2, 0) is 4.79 Å². The number of hydrogen-bond acceptors (Lipinski definition) is 2. The predicted octanol–water partition coefficient (Wildman–Crippen LogP) is 3.63. The minimum absolute atomic E-state index is 0.345. The largest absolute Gasteiger partial charge is 0.480 e. The summed E-state index contributed by atoms with van der Waals surface area (Å²) in [5, 5.41) is 9.98. The van der Waals surface area contributed by atoms with E-state index in [-0.39, 0.29) is 5.91 Å². The molecule has 1 aromatic carbocycles. The number of fused-ring (bicyclic) bond motifs is 1. The smallest absolute Gasteiger partial charge is 0.329 e. The lowest BCUT2D eigenvalue weighted by Gasteiger charge is -2.31. The maximum absolute atomic E-state index is 12.6. The Bertz CT molecular complexity index is 737. The number of carboxylic acids is 1. The normalized spacial score (nSPS) is 11.7. The first kappa shape index (κ1) is 16.0. The highest BCUT2D eigenvalue weighted by molar-refractivity contribution is 9.13. The van der Waals surface area contributed by atoms with Gasteiger partial charge in [-0.2, -0.15) is 0 Å². The summed E-state index contributed by atoms with van der Waals surface area (Å²) in [6.45, 7) is 2.99. The summed E-state index contributed by atoms with van der Waals surface area (Å²) in [6.07, 6.45) is 1.60. The van der Waals surface area contributed by atoms with Crippen LogP contribution in [0.25, 0.3) is 10.9 Å². The first-order valence-corrected chi connectivity index (χ1v) is 7.72. The molecule has 7 heteroatoms. The number of hydrogen-bond donors (Lipinski definition) is 2. The van der Waals surface area contributed by atoms with Crippen molar-refractivity contribution in [2.24, 2.45) is 0 Å². The van der Waals surface area contributed by atoms with Gasteiger partial charge in [0.25, 0.3) is 5.91 Å². The van der Waals surface area contributed by atoms with Crippen molar-refractivity contribution in [3.8, 4) is 0 Å². The molecule has 1 aromatic heterocycles. The Morgan fingerprint density at radius 3 is 2.38 bits per heavy atom. The van der Waals surface area contributed by atoms with E-state index < -0.39 is 11.5 Å². The number of rotatable bonds is 3. The Balaban J connectivity index is 2.50. The summed E-state index contributed by atoms with van der Waals surface area (Å²) >= 11 is 6.81. The number of carbonyl (C=O) groups excluding carboxylic acids is 1. The summed E-state index contributed by atoms with van der Waals surface area (Å²) in [6, 6.07) is 3.68. The lowest BCUT2D eigenvalue weighted by Crippen LogP contribution is -2.50. The molecule has 0 fully saturated rings. The van der Waals surface area contributed by atoms with E-state index in [4.69, 9.17) is 0 Å². The molecular formula is C14H14Br2N2O3. The van der Waals surface area contributed by atoms with Crippen LogP contribution >= 0.6 is 31.9 Å². The molecule has 0 bridgehead atoms. The van der Waals surface area contributed by atoms with Gasteiger partial charge >= 0.3 is 5.97 Å². The molecule has 0 saturated carbocycles. The molecule has 0 atom stereocenters. The van der Waals surface area contributed by atoms with Gasteiger partial charge < -0.3 is 15.0 Å². The third-order valence-corrected chi connectivity index (χ3v) is 5.46. The second-order valence-corrected chi connectivity index (χ2v) is 6.95. The van der Waals surface area contributed by atoms with E-state index >= 15 is 0 Å². The number of halogens is 2. The summed E-state index contributed by atoms with van der Waals surface area (Å²) in [7, 11) is 1.49. The van der Waals surface area contributed by atoms with E-state index in [0.29, 0.717) is 5.56 Å². The summed E-state index contributed by atoms with van der Waals surface area (Å²) < 4.78 is 1.69. The molecule has 1 heterocycles. The van der Waals surface area contributed by atoms with Gasteiger partial charge in [0, 0.05) is 33.1 Å². The van der Waals surface area contributed by atoms with Crippen molar-refractivity contribution in [3.63, 3.8) is 0 Å². The van der Waals surface area contributed by atoms with E-state index in [0.717, 1.165) is 19.8 Å². The summed E-state index contributed by atoms with van der Waals surface area (Å²) in [4.78, 5) is 28.1. The topological polar surface area (TPSA) is 73.4 Å². The van der Waals surface area contributed by atoms with Gasteiger partial charge in [-0.05, 0) is 57.8 Å². The highest BCUT2D eigenvalue weighted by atomic mass is 79.9. The fourth-order valence-electron chi connectivity index (χ4n) is 1.87. The van der Waals surface area contributed by atoms with Gasteiger partial charge in [0.05, 0.1) is 5.56 Å². The number of amides is 1. The zero-order chi connectivity index (χ0) is 15.9. The lowest BCUT2D eigenvalue weighted by molar-refractivity contribution is -0.147. The second-order valence-electron chi connectivity index (χ2n) is 5.24. The number of benzene rings is 1. The van der Waals surface area contributed by atoms with Crippen LogP contribution in [0.5, 0.6) is 0 Å². The van der Waals surface area contributed by atoms with Crippen LogP contribution < -0.4 is 0 Å². The molecule has 5 nitrogen and oxygen atoms in total. The maximum Gasteiger partial charge on any atom is 0.329 e. The van der Waals surface area contributed by atoms with Gasteiger partial charge in [0.15, 0.2) is 0 Å². The highest BCUT2D eigenvalue weighted by Gasteiger charge is 2.36. The molecular weight excluding hydrogens is 404 g/mol. The first-order chi connectivity index (χ1) is 9.66. The summed E-state index contributed by atoms with van der Waals surface area (Å²) in [5.41, 5.74) is -0.0437. The molecule has 0 aliphatic carbocycles. The van der Waals surface area contributed by atoms with Gasteiger partial charge in [-0.25, -0.2) is 4.79 Å². The number of nitrogens with zero attached hydrogens (tertiary/aromatic N) is 1. The monoisotopic (exact) mass is 416 g/mol. The van der Waals surface area contributed by atoms with Crippen LogP contribution in [0.3, 0.4) is 0 Å². The van der Waals surface area contributed by atoms with Crippen molar-refractivity contribution >= 4 is 54.6 Å². The molecule has 0 aliphatic rings. The zero-order valence-corrected chi connectivity index (χ0v) is 14.9. The van der Waals surface area contributed by atoms with Crippen LogP contribution in [0, 0.1) is 0 Å². The van der Waals surface area contributed by atoms with Gasteiger partial charge in [-0.1, -0.05) is 0 Å². The molecule has 112 valence electrons. The van der Waals surface area contributed by atoms with Crippen molar-refractivity contribution in [1.82, 2.24) is 9.88 Å². The Kier molecular flexibility index (Phi) is 4.17. The predicted molar refractivity (Wildman–Crippen MR) is 87.5 cm³/mol. The number of aliphatic carboxylic acids is 1. The first-order valence-electron chi connectivity index (χ1n) is 6.14. The van der Waals surface area contributed by atoms with Crippen molar-refractivity contribution in [2.45, 2.75) is 19.4 Å². The fourth-order valence-corrected chi connectivity index (χ4v) is 2.56. The lowest BCUT2D eigenvalue weighted by atomic mass is 10.0. The number of carboxylic acid groups (broad SMARTS) is 1. The molecule has 2 aromatic rings. The number of carbonyl (C=O) groups is 2. The number of likely N-dealkylation sites (N-methyl/N-ethyl adjacent to an activating group) is 1. The molecule has 0 aliphatic heterocycles. The highest BCUT2D eigenvalue weighted by Crippen LogP contribution is 2.31. The van der Waals surface area contributed by atoms with Crippen molar-refractivity contribution in [2.75, 3.05) is 7.05 Å². The Hall–Kier alpha value is -1.34. The van der Waals surface area contributed by atoms with Crippen molar-refractivity contribution in [1.29, 1.82) is 0 Å². The SMILES string of the molecule is CN(C(=O)c1c[nH]c2cc(Br)c(Br)cc12)C(C)(C)C(=O)O. The third-order valence-electron chi connectivity index (χ3n) is 3.62. The molecule has 1 amide bonds. The average molecular weight is 418 g/mol. The molecule has 0 radical (unpaired) electrons.